The first-order valence-electron chi connectivity index (χ1n) is 5.23. The largest absolute Gasteiger partial charge is 0.506 e. The number of phenolic OH excluding ortho intramolecular Hbond substituents is 1. The number of halogens is 3. The molecule has 0 bridgehead atoms. The SMILES string of the molecule is O=C(Nc1c(F)cccc1Cl)c1ccc(O)c(Cl)c1. The molecule has 0 aliphatic carbocycles. The number of anilines is 1. The number of carbonyl (C=O) groups excluding carboxylic acids is 1. The molecule has 0 saturated heterocycles. The molecule has 0 saturated carbocycles. The Labute approximate surface area is 118 Å². The lowest BCUT2D eigenvalue weighted by atomic mass is 10.2. The zero-order valence-electron chi connectivity index (χ0n) is 9.45. The van der Waals surface area contributed by atoms with Crippen LogP contribution < -0.4 is 5.32 Å². The highest BCUT2D eigenvalue weighted by atomic mass is 35.5. The minimum atomic E-state index is -0.634. The van der Waals surface area contributed by atoms with Crippen LogP contribution in [0, 0.1) is 5.82 Å². The first-order chi connectivity index (χ1) is 8.99. The van der Waals surface area contributed by atoms with Gasteiger partial charge in [0.15, 0.2) is 0 Å². The average Bonchev–Trinajstić information content (AvgIpc) is 2.37. The van der Waals surface area contributed by atoms with Gasteiger partial charge in [-0.2, -0.15) is 0 Å². The van der Waals surface area contributed by atoms with E-state index in [2.05, 4.69) is 5.32 Å². The van der Waals surface area contributed by atoms with Crippen LogP contribution in [0.15, 0.2) is 36.4 Å². The predicted octanol–water partition coefficient (Wildman–Crippen LogP) is 4.09. The molecule has 0 atom stereocenters. The second-order valence-corrected chi connectivity index (χ2v) is 4.53. The van der Waals surface area contributed by atoms with Crippen molar-refractivity contribution < 1.29 is 14.3 Å². The summed E-state index contributed by atoms with van der Waals surface area (Å²) >= 11 is 11.5. The fourth-order valence-electron chi connectivity index (χ4n) is 1.45. The van der Waals surface area contributed by atoms with Gasteiger partial charge in [0, 0.05) is 5.56 Å². The van der Waals surface area contributed by atoms with E-state index in [0.717, 1.165) is 0 Å². The van der Waals surface area contributed by atoms with E-state index in [1.54, 1.807) is 0 Å². The van der Waals surface area contributed by atoms with E-state index in [0.29, 0.717) is 0 Å². The quantitative estimate of drug-likeness (QED) is 0.877. The van der Waals surface area contributed by atoms with Gasteiger partial charge < -0.3 is 10.4 Å². The number of nitrogens with one attached hydrogen (secondary N) is 1. The minimum absolute atomic E-state index is 0.0345. The summed E-state index contributed by atoms with van der Waals surface area (Å²) in [6.45, 7) is 0. The Morgan fingerprint density at radius 2 is 1.89 bits per heavy atom. The lowest BCUT2D eigenvalue weighted by Gasteiger charge is -2.08. The lowest BCUT2D eigenvalue weighted by Crippen LogP contribution is -2.13. The fraction of sp³-hybridized carbons (Fsp3) is 0. The number of aromatic hydroxyl groups is 1. The Bertz CT molecular complexity index is 626. The molecule has 2 aromatic rings. The standard InChI is InChI=1S/C13H8Cl2FNO2/c14-8-2-1-3-10(16)12(8)17-13(19)7-4-5-11(18)9(15)6-7/h1-6,18H,(H,17,19). The van der Waals surface area contributed by atoms with Crippen LogP contribution in [0.2, 0.25) is 10.0 Å². The van der Waals surface area contributed by atoms with Crippen LogP contribution in [0.25, 0.3) is 0 Å². The molecule has 1 amide bonds. The molecule has 2 N–H and O–H groups in total. The molecule has 0 unspecified atom stereocenters. The molecule has 0 aliphatic rings. The average molecular weight is 300 g/mol. The van der Waals surface area contributed by atoms with Crippen molar-refractivity contribution in [2.75, 3.05) is 5.32 Å². The Balaban J connectivity index is 2.28. The summed E-state index contributed by atoms with van der Waals surface area (Å²) in [5.74, 6) is -1.35. The van der Waals surface area contributed by atoms with Crippen LogP contribution >= 0.6 is 23.2 Å². The molecule has 2 aromatic carbocycles. The summed E-state index contributed by atoms with van der Waals surface area (Å²) in [7, 11) is 0. The van der Waals surface area contributed by atoms with Crippen molar-refractivity contribution in [1.82, 2.24) is 0 Å². The van der Waals surface area contributed by atoms with E-state index in [1.165, 1.54) is 36.4 Å². The third-order valence-corrected chi connectivity index (χ3v) is 3.03. The number of carbonyl (C=O) groups is 1. The summed E-state index contributed by atoms with van der Waals surface area (Å²) in [4.78, 5) is 11.9. The third-order valence-electron chi connectivity index (χ3n) is 2.41. The van der Waals surface area contributed by atoms with Crippen molar-refractivity contribution in [3.8, 4) is 5.75 Å². The molecule has 0 aliphatic heterocycles. The van der Waals surface area contributed by atoms with Crippen LogP contribution in [0.4, 0.5) is 10.1 Å². The third kappa shape index (κ3) is 2.97. The van der Waals surface area contributed by atoms with Gasteiger partial charge in [0.1, 0.15) is 11.6 Å². The van der Waals surface area contributed by atoms with Gasteiger partial charge in [-0.3, -0.25) is 4.79 Å². The van der Waals surface area contributed by atoms with Gasteiger partial charge in [0.05, 0.1) is 15.7 Å². The first-order valence-corrected chi connectivity index (χ1v) is 5.98. The van der Waals surface area contributed by atoms with Crippen molar-refractivity contribution in [2.45, 2.75) is 0 Å². The predicted molar refractivity (Wildman–Crippen MR) is 72.5 cm³/mol. The molecule has 0 spiro atoms. The van der Waals surface area contributed by atoms with E-state index < -0.39 is 11.7 Å². The molecule has 6 heteroatoms. The highest BCUT2D eigenvalue weighted by Crippen LogP contribution is 2.27. The van der Waals surface area contributed by atoms with Crippen LogP contribution in [-0.4, -0.2) is 11.0 Å². The zero-order valence-corrected chi connectivity index (χ0v) is 11.0. The second kappa shape index (κ2) is 5.47. The summed E-state index contributed by atoms with van der Waals surface area (Å²) in [6.07, 6.45) is 0. The summed E-state index contributed by atoms with van der Waals surface area (Å²) in [5, 5.41) is 11.7. The lowest BCUT2D eigenvalue weighted by molar-refractivity contribution is 0.102. The molecule has 0 aromatic heterocycles. The first kappa shape index (κ1) is 13.6. The molecule has 3 nitrogen and oxygen atoms in total. The van der Waals surface area contributed by atoms with Crippen LogP contribution in [0.1, 0.15) is 10.4 Å². The zero-order chi connectivity index (χ0) is 14.0. The Hall–Kier alpha value is -1.78. The maximum absolute atomic E-state index is 13.5. The molecule has 19 heavy (non-hydrogen) atoms. The van der Waals surface area contributed by atoms with Crippen molar-refractivity contribution in [2.24, 2.45) is 0 Å². The highest BCUT2D eigenvalue weighted by molar-refractivity contribution is 6.34. The van der Waals surface area contributed by atoms with E-state index in [4.69, 9.17) is 23.2 Å². The maximum atomic E-state index is 13.5. The van der Waals surface area contributed by atoms with E-state index >= 15 is 0 Å². The van der Waals surface area contributed by atoms with Crippen molar-refractivity contribution in [3.05, 3.63) is 57.8 Å². The van der Waals surface area contributed by atoms with Crippen LogP contribution in [0.5, 0.6) is 5.75 Å². The Kier molecular flexibility index (Phi) is 3.93. The minimum Gasteiger partial charge on any atom is -0.506 e. The van der Waals surface area contributed by atoms with E-state index in [-0.39, 0.29) is 27.0 Å². The second-order valence-electron chi connectivity index (χ2n) is 3.72. The topological polar surface area (TPSA) is 49.3 Å². The highest BCUT2D eigenvalue weighted by Gasteiger charge is 2.13. The van der Waals surface area contributed by atoms with Crippen molar-refractivity contribution in [3.63, 3.8) is 0 Å². The Morgan fingerprint density at radius 3 is 2.53 bits per heavy atom. The number of amides is 1. The number of para-hydroxylation sites is 1. The van der Waals surface area contributed by atoms with Gasteiger partial charge in [-0.25, -0.2) is 4.39 Å². The molecule has 0 fully saturated rings. The molecule has 98 valence electrons. The van der Waals surface area contributed by atoms with Gasteiger partial charge in [-0.05, 0) is 30.3 Å². The maximum Gasteiger partial charge on any atom is 0.255 e. The van der Waals surface area contributed by atoms with Crippen molar-refractivity contribution >= 4 is 34.8 Å². The van der Waals surface area contributed by atoms with Crippen LogP contribution in [0.3, 0.4) is 0 Å². The van der Waals surface area contributed by atoms with E-state index in [9.17, 15) is 14.3 Å². The van der Waals surface area contributed by atoms with Gasteiger partial charge in [0.25, 0.3) is 5.91 Å². The number of rotatable bonds is 2. The number of hydrogen-bond acceptors (Lipinski definition) is 2. The number of benzene rings is 2. The Morgan fingerprint density at radius 1 is 1.16 bits per heavy atom. The number of hydrogen-bond donors (Lipinski definition) is 2. The van der Waals surface area contributed by atoms with Gasteiger partial charge >= 0.3 is 0 Å². The van der Waals surface area contributed by atoms with Gasteiger partial charge in [-0.1, -0.05) is 29.3 Å². The molecular formula is C13H8Cl2FNO2. The van der Waals surface area contributed by atoms with Gasteiger partial charge in [0.2, 0.25) is 0 Å². The van der Waals surface area contributed by atoms with Crippen molar-refractivity contribution in [1.29, 1.82) is 0 Å². The van der Waals surface area contributed by atoms with E-state index in [1.807, 2.05) is 0 Å². The van der Waals surface area contributed by atoms with Crippen LogP contribution in [-0.2, 0) is 0 Å². The summed E-state index contributed by atoms with van der Waals surface area (Å²) in [6, 6.07) is 8.01. The molecular weight excluding hydrogens is 292 g/mol. The summed E-state index contributed by atoms with van der Waals surface area (Å²) < 4.78 is 13.5. The normalized spacial score (nSPS) is 10.3. The molecule has 0 radical (unpaired) electrons. The monoisotopic (exact) mass is 299 g/mol. The number of phenols is 1. The van der Waals surface area contributed by atoms with Gasteiger partial charge in [-0.15, -0.1) is 0 Å². The molecule has 0 heterocycles. The summed E-state index contributed by atoms with van der Waals surface area (Å²) in [5.41, 5.74) is 0.0838. The molecule has 2 rings (SSSR count). The smallest absolute Gasteiger partial charge is 0.255 e. The fourth-order valence-corrected chi connectivity index (χ4v) is 1.84.